The van der Waals surface area contributed by atoms with Gasteiger partial charge in [-0.1, -0.05) is 12.1 Å². The summed E-state index contributed by atoms with van der Waals surface area (Å²) in [6, 6.07) is 8.22. The Bertz CT molecular complexity index is 932. The second kappa shape index (κ2) is 6.95. The fraction of sp³-hybridized carbons (Fsp3) is 0.476. The summed E-state index contributed by atoms with van der Waals surface area (Å²) in [5, 5.41) is 0. The molecule has 1 aromatic heterocycles. The van der Waals surface area contributed by atoms with Crippen LogP contribution in [0.5, 0.6) is 5.88 Å². The maximum absolute atomic E-state index is 13.7. The topological polar surface area (TPSA) is 67.8 Å². The zero-order valence-corrected chi connectivity index (χ0v) is 16.3. The molecule has 29 heavy (non-hydrogen) atoms. The lowest BCUT2D eigenvalue weighted by Crippen LogP contribution is -2.50. The quantitative estimate of drug-likeness (QED) is 0.792. The van der Waals surface area contributed by atoms with Crippen LogP contribution in [0.3, 0.4) is 0 Å². The maximum Gasteiger partial charge on any atom is 0.257 e. The molecule has 1 amide bonds. The number of hydrogen-bond donors (Lipinski definition) is 0. The van der Waals surface area contributed by atoms with Crippen molar-refractivity contribution in [1.82, 2.24) is 14.9 Å². The van der Waals surface area contributed by atoms with Crippen molar-refractivity contribution in [1.29, 1.82) is 0 Å². The van der Waals surface area contributed by atoms with E-state index in [-0.39, 0.29) is 24.0 Å². The van der Waals surface area contributed by atoms with Crippen LogP contribution < -0.4 is 9.64 Å². The van der Waals surface area contributed by atoms with Gasteiger partial charge in [0.15, 0.2) is 5.60 Å². The highest BCUT2D eigenvalue weighted by molar-refractivity contribution is 5.88. The van der Waals surface area contributed by atoms with Gasteiger partial charge in [-0.05, 0) is 30.5 Å². The monoisotopic (exact) mass is 398 g/mol. The number of amides is 1. The van der Waals surface area contributed by atoms with E-state index in [1.54, 1.807) is 19.2 Å². The number of benzene rings is 1. The number of aromatic nitrogens is 2. The highest BCUT2D eigenvalue weighted by atomic mass is 19.1. The highest BCUT2D eigenvalue weighted by Gasteiger charge is 2.58. The largest absolute Gasteiger partial charge is 0.481 e. The standard InChI is InChI=1S/C21H23FN4O3/c1-28-18-12-17(23-13-24-18)25-9-7-21(8-10-25)20(27)26-16(5-6-19(26)29-21)14-3-2-4-15(22)11-14/h2-4,11-13,16,19H,5-10H2,1H3. The lowest BCUT2D eigenvalue weighted by Gasteiger charge is -2.38. The molecule has 1 aromatic carbocycles. The van der Waals surface area contributed by atoms with E-state index in [9.17, 15) is 9.18 Å². The van der Waals surface area contributed by atoms with Crippen molar-refractivity contribution in [2.75, 3.05) is 25.1 Å². The molecule has 3 saturated heterocycles. The van der Waals surface area contributed by atoms with E-state index < -0.39 is 5.60 Å². The Labute approximate surface area is 168 Å². The van der Waals surface area contributed by atoms with Gasteiger partial charge in [-0.15, -0.1) is 0 Å². The van der Waals surface area contributed by atoms with Crippen LogP contribution in [0.15, 0.2) is 36.7 Å². The minimum absolute atomic E-state index is 0.0363. The van der Waals surface area contributed by atoms with Gasteiger partial charge in [0.05, 0.1) is 13.2 Å². The minimum Gasteiger partial charge on any atom is -0.481 e. The molecule has 7 nitrogen and oxygen atoms in total. The van der Waals surface area contributed by atoms with Crippen molar-refractivity contribution in [2.24, 2.45) is 0 Å². The first-order chi connectivity index (χ1) is 14.1. The Hall–Kier alpha value is -2.74. The summed E-state index contributed by atoms with van der Waals surface area (Å²) in [5.41, 5.74) is 0.0524. The maximum atomic E-state index is 13.7. The SMILES string of the molecule is COc1cc(N2CCC3(CC2)OC2CCC(c4cccc(F)c4)N2C3=O)ncn1. The third-order valence-corrected chi connectivity index (χ3v) is 6.28. The van der Waals surface area contributed by atoms with Gasteiger partial charge in [-0.3, -0.25) is 4.79 Å². The molecule has 5 rings (SSSR count). The van der Waals surface area contributed by atoms with Gasteiger partial charge in [0.1, 0.15) is 24.2 Å². The summed E-state index contributed by atoms with van der Waals surface area (Å²) in [4.78, 5) is 25.8. The van der Waals surface area contributed by atoms with Gasteiger partial charge in [-0.25, -0.2) is 14.4 Å². The molecule has 0 N–H and O–H groups in total. The van der Waals surface area contributed by atoms with Crippen LogP contribution in [0, 0.1) is 5.82 Å². The third kappa shape index (κ3) is 3.02. The smallest absolute Gasteiger partial charge is 0.257 e. The molecule has 152 valence electrons. The van der Waals surface area contributed by atoms with E-state index in [2.05, 4.69) is 14.9 Å². The van der Waals surface area contributed by atoms with Crippen LogP contribution in [-0.4, -0.2) is 52.8 Å². The lowest BCUT2D eigenvalue weighted by atomic mass is 9.89. The van der Waals surface area contributed by atoms with Crippen LogP contribution >= 0.6 is 0 Å². The summed E-state index contributed by atoms with van der Waals surface area (Å²) >= 11 is 0. The molecule has 3 aliphatic rings. The van der Waals surface area contributed by atoms with Crippen LogP contribution in [0.4, 0.5) is 10.2 Å². The number of piperidine rings is 1. The molecule has 8 heteroatoms. The molecule has 0 aliphatic carbocycles. The lowest BCUT2D eigenvalue weighted by molar-refractivity contribution is -0.140. The predicted octanol–water partition coefficient (Wildman–Crippen LogP) is 2.68. The Morgan fingerprint density at radius 1 is 1.21 bits per heavy atom. The van der Waals surface area contributed by atoms with E-state index >= 15 is 0 Å². The Kier molecular flexibility index (Phi) is 4.38. The van der Waals surface area contributed by atoms with E-state index in [1.807, 2.05) is 11.0 Å². The van der Waals surface area contributed by atoms with Crippen LogP contribution in [0.1, 0.15) is 37.3 Å². The molecule has 1 spiro atoms. The summed E-state index contributed by atoms with van der Waals surface area (Å²) in [6.45, 7) is 1.33. The predicted molar refractivity (Wildman–Crippen MR) is 103 cm³/mol. The number of rotatable bonds is 3. The van der Waals surface area contributed by atoms with Gasteiger partial charge in [0.25, 0.3) is 5.91 Å². The average molecular weight is 398 g/mol. The first-order valence-electron chi connectivity index (χ1n) is 9.97. The van der Waals surface area contributed by atoms with Crippen molar-refractivity contribution in [3.05, 3.63) is 48.0 Å². The molecular formula is C21H23FN4O3. The van der Waals surface area contributed by atoms with Crippen LogP contribution in [0.2, 0.25) is 0 Å². The molecule has 2 atom stereocenters. The second-order valence-electron chi connectivity index (χ2n) is 7.83. The van der Waals surface area contributed by atoms with Crippen LogP contribution in [-0.2, 0) is 9.53 Å². The fourth-order valence-corrected chi connectivity index (χ4v) is 4.80. The molecule has 0 radical (unpaired) electrons. The van der Waals surface area contributed by atoms with Gasteiger partial charge >= 0.3 is 0 Å². The first kappa shape index (κ1) is 18.3. The van der Waals surface area contributed by atoms with Crippen molar-refractivity contribution < 1.29 is 18.7 Å². The van der Waals surface area contributed by atoms with Gasteiger partial charge < -0.3 is 19.3 Å². The summed E-state index contributed by atoms with van der Waals surface area (Å²) in [7, 11) is 1.57. The van der Waals surface area contributed by atoms with Crippen molar-refractivity contribution in [2.45, 2.75) is 43.6 Å². The molecular weight excluding hydrogens is 375 g/mol. The van der Waals surface area contributed by atoms with Gasteiger partial charge in [0.2, 0.25) is 5.88 Å². The Morgan fingerprint density at radius 2 is 2.03 bits per heavy atom. The highest BCUT2D eigenvalue weighted by Crippen LogP contribution is 2.47. The Balaban J connectivity index is 1.33. The zero-order valence-electron chi connectivity index (χ0n) is 16.3. The normalized spacial score (nSPS) is 25.5. The minimum atomic E-state index is -0.787. The first-order valence-corrected chi connectivity index (χ1v) is 9.97. The molecule has 2 aromatic rings. The van der Waals surface area contributed by atoms with Crippen LogP contribution in [0.25, 0.3) is 0 Å². The summed E-state index contributed by atoms with van der Waals surface area (Å²) in [6.07, 6.45) is 4.03. The summed E-state index contributed by atoms with van der Waals surface area (Å²) in [5.74, 6) is 1.06. The van der Waals surface area contributed by atoms with Crippen molar-refractivity contribution in [3.8, 4) is 5.88 Å². The van der Waals surface area contributed by atoms with E-state index in [0.29, 0.717) is 31.8 Å². The molecule has 0 bridgehead atoms. The number of hydrogen-bond acceptors (Lipinski definition) is 6. The number of fused-ring (bicyclic) bond motifs is 1. The van der Waals surface area contributed by atoms with E-state index in [4.69, 9.17) is 9.47 Å². The van der Waals surface area contributed by atoms with Crippen molar-refractivity contribution in [3.63, 3.8) is 0 Å². The molecule has 3 fully saturated rings. The molecule has 0 saturated carbocycles. The Morgan fingerprint density at radius 3 is 2.79 bits per heavy atom. The molecule has 3 aliphatic heterocycles. The number of carbonyl (C=O) groups is 1. The summed E-state index contributed by atoms with van der Waals surface area (Å²) < 4.78 is 25.2. The fourth-order valence-electron chi connectivity index (χ4n) is 4.80. The number of anilines is 1. The number of carbonyl (C=O) groups excluding carboxylic acids is 1. The molecule has 4 heterocycles. The number of methoxy groups -OCH3 is 1. The van der Waals surface area contributed by atoms with E-state index in [0.717, 1.165) is 24.2 Å². The van der Waals surface area contributed by atoms with Gasteiger partial charge in [0, 0.05) is 32.0 Å². The number of halogens is 1. The zero-order chi connectivity index (χ0) is 20.0. The number of ether oxygens (including phenoxy) is 2. The van der Waals surface area contributed by atoms with Gasteiger partial charge in [-0.2, -0.15) is 0 Å². The number of nitrogens with zero attached hydrogens (tertiary/aromatic N) is 4. The average Bonchev–Trinajstić information content (AvgIpc) is 3.27. The van der Waals surface area contributed by atoms with E-state index in [1.165, 1.54) is 18.5 Å². The second-order valence-corrected chi connectivity index (χ2v) is 7.83. The molecule has 2 unspecified atom stereocenters. The van der Waals surface area contributed by atoms with Crippen molar-refractivity contribution >= 4 is 11.7 Å². The third-order valence-electron chi connectivity index (χ3n) is 6.28.